The summed E-state index contributed by atoms with van der Waals surface area (Å²) in [6, 6.07) is 16.2. The summed E-state index contributed by atoms with van der Waals surface area (Å²) in [5, 5.41) is 4.51. The van der Waals surface area contributed by atoms with Crippen LogP contribution in [0.15, 0.2) is 65.8 Å². The highest BCUT2D eigenvalue weighted by Gasteiger charge is 2.16. The van der Waals surface area contributed by atoms with Crippen molar-refractivity contribution in [1.82, 2.24) is 5.43 Å². The Balaban J connectivity index is 1.43. The number of rotatable bonds is 7. The molecule has 3 aromatic carbocycles. The predicted octanol–water partition coefficient (Wildman–Crippen LogP) is 4.45. The summed E-state index contributed by atoms with van der Waals surface area (Å²) < 4.78 is 21.6. The number of hydrazone groups is 1. The first kappa shape index (κ1) is 22.2. The van der Waals surface area contributed by atoms with Gasteiger partial charge >= 0.3 is 5.97 Å². The molecule has 0 spiro atoms. The maximum absolute atomic E-state index is 12.4. The first-order valence-electron chi connectivity index (χ1n) is 10.0. The van der Waals surface area contributed by atoms with E-state index < -0.39 is 11.9 Å². The largest absolute Gasteiger partial charge is 0.490 e. The van der Waals surface area contributed by atoms with Crippen LogP contribution in [-0.2, 0) is 0 Å². The minimum Gasteiger partial charge on any atom is -0.490 e. The Morgan fingerprint density at radius 1 is 1.00 bits per heavy atom. The summed E-state index contributed by atoms with van der Waals surface area (Å²) in [5.74, 6) is 0.796. The number of esters is 1. The van der Waals surface area contributed by atoms with Gasteiger partial charge in [-0.15, -0.1) is 0 Å². The van der Waals surface area contributed by atoms with Crippen LogP contribution in [0.5, 0.6) is 23.0 Å². The monoisotopic (exact) mass is 466 g/mol. The van der Waals surface area contributed by atoms with Crippen LogP contribution in [0.2, 0.25) is 5.02 Å². The Kier molecular flexibility index (Phi) is 6.75. The first-order chi connectivity index (χ1) is 16.0. The normalized spacial score (nSPS) is 11.9. The molecule has 1 aliphatic heterocycles. The Morgan fingerprint density at radius 2 is 1.76 bits per heavy atom. The average Bonchev–Trinajstić information content (AvgIpc) is 3.29. The Labute approximate surface area is 194 Å². The number of halogens is 1. The van der Waals surface area contributed by atoms with E-state index in [-0.39, 0.29) is 12.5 Å². The molecule has 0 aliphatic carbocycles. The van der Waals surface area contributed by atoms with Gasteiger partial charge in [0.05, 0.1) is 18.4 Å². The van der Waals surface area contributed by atoms with E-state index in [2.05, 4.69) is 10.5 Å². The molecular formula is C24H19ClN2O6. The van der Waals surface area contributed by atoms with Crippen LogP contribution in [0.25, 0.3) is 0 Å². The molecule has 0 saturated carbocycles. The SMILES string of the molecule is CCOc1cc(/C=N\NC(=O)c2ccc3c(c2)OCO3)ccc1OC(=O)c1ccc(Cl)cc1. The molecule has 9 heteroatoms. The third kappa shape index (κ3) is 5.42. The van der Waals surface area contributed by atoms with Crippen molar-refractivity contribution in [2.45, 2.75) is 6.92 Å². The zero-order valence-electron chi connectivity index (χ0n) is 17.5. The van der Waals surface area contributed by atoms with Crippen LogP contribution in [-0.4, -0.2) is 31.5 Å². The molecule has 0 aromatic heterocycles. The van der Waals surface area contributed by atoms with Crippen molar-refractivity contribution in [3.8, 4) is 23.0 Å². The number of carbonyl (C=O) groups is 2. The van der Waals surface area contributed by atoms with Gasteiger partial charge < -0.3 is 18.9 Å². The molecule has 0 fully saturated rings. The maximum atomic E-state index is 12.4. The smallest absolute Gasteiger partial charge is 0.343 e. The number of carbonyl (C=O) groups excluding carboxylic acids is 2. The molecular weight excluding hydrogens is 448 g/mol. The molecule has 1 aliphatic rings. The molecule has 1 amide bonds. The average molecular weight is 467 g/mol. The third-order valence-electron chi connectivity index (χ3n) is 4.56. The number of hydrogen-bond donors (Lipinski definition) is 1. The van der Waals surface area contributed by atoms with E-state index in [0.717, 1.165) is 0 Å². The fraction of sp³-hybridized carbons (Fsp3) is 0.125. The Hall–Kier alpha value is -4.04. The predicted molar refractivity (Wildman–Crippen MR) is 122 cm³/mol. The molecule has 0 unspecified atom stereocenters. The van der Waals surface area contributed by atoms with Crippen molar-refractivity contribution >= 4 is 29.7 Å². The molecule has 4 rings (SSSR count). The minimum absolute atomic E-state index is 0.131. The van der Waals surface area contributed by atoms with E-state index in [1.54, 1.807) is 60.7 Å². The molecule has 33 heavy (non-hydrogen) atoms. The van der Waals surface area contributed by atoms with Gasteiger partial charge in [0.2, 0.25) is 6.79 Å². The second-order valence-electron chi connectivity index (χ2n) is 6.80. The second kappa shape index (κ2) is 10.1. The molecule has 8 nitrogen and oxygen atoms in total. The fourth-order valence-corrected chi connectivity index (χ4v) is 3.10. The topological polar surface area (TPSA) is 95.5 Å². The van der Waals surface area contributed by atoms with Gasteiger partial charge in [-0.1, -0.05) is 11.6 Å². The van der Waals surface area contributed by atoms with Crippen LogP contribution in [0.4, 0.5) is 0 Å². The standard InChI is InChI=1S/C24H19ClN2O6/c1-2-30-21-11-15(3-9-20(21)33-24(29)16-4-7-18(25)8-5-16)13-26-27-23(28)17-6-10-19-22(12-17)32-14-31-19/h3-13H,2,14H2,1H3,(H,27,28)/b26-13-. The van der Waals surface area contributed by atoms with Crippen LogP contribution in [0.1, 0.15) is 33.2 Å². The number of hydrogen-bond acceptors (Lipinski definition) is 7. The molecule has 3 aromatic rings. The van der Waals surface area contributed by atoms with Crippen LogP contribution >= 0.6 is 11.6 Å². The van der Waals surface area contributed by atoms with Gasteiger partial charge in [-0.25, -0.2) is 10.2 Å². The number of ether oxygens (including phenoxy) is 4. The zero-order valence-corrected chi connectivity index (χ0v) is 18.3. The molecule has 0 saturated heterocycles. The van der Waals surface area contributed by atoms with Crippen molar-refractivity contribution < 1.29 is 28.5 Å². The summed E-state index contributed by atoms with van der Waals surface area (Å²) in [6.07, 6.45) is 1.46. The highest BCUT2D eigenvalue weighted by Crippen LogP contribution is 2.32. The van der Waals surface area contributed by atoms with Crippen LogP contribution < -0.4 is 24.4 Å². The van der Waals surface area contributed by atoms with Gasteiger partial charge in [-0.2, -0.15) is 5.10 Å². The molecule has 0 radical (unpaired) electrons. The van der Waals surface area contributed by atoms with Crippen LogP contribution in [0.3, 0.4) is 0 Å². The van der Waals surface area contributed by atoms with Crippen LogP contribution in [0, 0.1) is 0 Å². The lowest BCUT2D eigenvalue weighted by molar-refractivity contribution is 0.0728. The van der Waals surface area contributed by atoms with Gasteiger partial charge in [0.15, 0.2) is 23.0 Å². The fourth-order valence-electron chi connectivity index (χ4n) is 2.97. The van der Waals surface area contributed by atoms with E-state index in [4.69, 9.17) is 30.5 Å². The molecule has 1 N–H and O–H groups in total. The summed E-state index contributed by atoms with van der Waals surface area (Å²) in [5.41, 5.74) is 3.84. The second-order valence-corrected chi connectivity index (χ2v) is 7.24. The molecule has 168 valence electrons. The highest BCUT2D eigenvalue weighted by molar-refractivity contribution is 6.30. The molecule has 0 bridgehead atoms. The number of fused-ring (bicyclic) bond motifs is 1. The van der Waals surface area contributed by atoms with Gasteiger partial charge in [0, 0.05) is 10.6 Å². The van der Waals surface area contributed by atoms with E-state index in [0.29, 0.717) is 45.6 Å². The third-order valence-corrected chi connectivity index (χ3v) is 4.82. The van der Waals surface area contributed by atoms with Gasteiger partial charge in [0.25, 0.3) is 5.91 Å². The maximum Gasteiger partial charge on any atom is 0.343 e. The lowest BCUT2D eigenvalue weighted by Crippen LogP contribution is -2.17. The summed E-state index contributed by atoms with van der Waals surface area (Å²) in [4.78, 5) is 24.7. The molecule has 0 atom stereocenters. The number of amides is 1. The lowest BCUT2D eigenvalue weighted by atomic mass is 10.2. The van der Waals surface area contributed by atoms with Crippen molar-refractivity contribution in [2.24, 2.45) is 5.10 Å². The van der Waals surface area contributed by atoms with Crippen molar-refractivity contribution in [2.75, 3.05) is 13.4 Å². The van der Waals surface area contributed by atoms with E-state index in [1.807, 2.05) is 6.92 Å². The van der Waals surface area contributed by atoms with E-state index >= 15 is 0 Å². The van der Waals surface area contributed by atoms with Crippen molar-refractivity contribution in [3.63, 3.8) is 0 Å². The van der Waals surface area contributed by atoms with Crippen molar-refractivity contribution in [3.05, 3.63) is 82.4 Å². The zero-order chi connectivity index (χ0) is 23.2. The summed E-state index contributed by atoms with van der Waals surface area (Å²) in [6.45, 7) is 2.32. The Bertz CT molecular complexity index is 1210. The number of benzene rings is 3. The van der Waals surface area contributed by atoms with Gasteiger partial charge in [0.1, 0.15) is 0 Å². The summed E-state index contributed by atoms with van der Waals surface area (Å²) >= 11 is 5.86. The van der Waals surface area contributed by atoms with Gasteiger partial charge in [-0.3, -0.25) is 4.79 Å². The van der Waals surface area contributed by atoms with Gasteiger partial charge in [-0.05, 0) is 73.2 Å². The van der Waals surface area contributed by atoms with E-state index in [9.17, 15) is 9.59 Å². The highest BCUT2D eigenvalue weighted by atomic mass is 35.5. The minimum atomic E-state index is -0.537. The number of nitrogens with zero attached hydrogens (tertiary/aromatic N) is 1. The Morgan fingerprint density at radius 3 is 2.55 bits per heavy atom. The van der Waals surface area contributed by atoms with Crippen molar-refractivity contribution in [1.29, 1.82) is 0 Å². The van der Waals surface area contributed by atoms with E-state index in [1.165, 1.54) is 6.21 Å². The number of nitrogens with one attached hydrogen (secondary N) is 1. The quantitative estimate of drug-likeness (QED) is 0.239. The first-order valence-corrected chi connectivity index (χ1v) is 10.4. The molecule has 1 heterocycles. The lowest BCUT2D eigenvalue weighted by Gasteiger charge is -2.11. The summed E-state index contributed by atoms with van der Waals surface area (Å²) in [7, 11) is 0.